The summed E-state index contributed by atoms with van der Waals surface area (Å²) in [5.74, 6) is -2.37. The van der Waals surface area contributed by atoms with Crippen LogP contribution in [0.15, 0.2) is 47.4 Å². The van der Waals surface area contributed by atoms with Gasteiger partial charge in [0.2, 0.25) is 0 Å². The maximum atomic E-state index is 13.6. The fraction of sp³-hybridized carbons (Fsp3) is 0.278. The number of amides is 1. The second kappa shape index (κ2) is 8.92. The van der Waals surface area contributed by atoms with Crippen molar-refractivity contribution < 1.29 is 22.0 Å². The van der Waals surface area contributed by atoms with E-state index in [1.54, 1.807) is 0 Å². The van der Waals surface area contributed by atoms with Gasteiger partial charge in [-0.15, -0.1) is 0 Å². The Balaban J connectivity index is 2.06. The van der Waals surface area contributed by atoms with E-state index in [0.29, 0.717) is 6.54 Å². The van der Waals surface area contributed by atoms with Crippen molar-refractivity contribution in [2.75, 3.05) is 31.9 Å². The van der Waals surface area contributed by atoms with Crippen molar-refractivity contribution in [3.8, 4) is 0 Å². The van der Waals surface area contributed by atoms with E-state index >= 15 is 0 Å². The molecule has 0 aliphatic carbocycles. The highest BCUT2D eigenvalue weighted by Gasteiger charge is 2.19. The second-order valence-corrected chi connectivity index (χ2v) is 7.82. The minimum absolute atomic E-state index is 0.214. The molecule has 0 aliphatic heterocycles. The van der Waals surface area contributed by atoms with E-state index in [-0.39, 0.29) is 16.4 Å². The summed E-state index contributed by atoms with van der Waals surface area (Å²) in [5.41, 5.74) is -0.462. The first-order valence-corrected chi connectivity index (χ1v) is 9.69. The molecule has 9 heteroatoms. The number of hydrogen-bond acceptors (Lipinski definition) is 4. The van der Waals surface area contributed by atoms with E-state index in [1.807, 2.05) is 23.7 Å². The summed E-state index contributed by atoms with van der Waals surface area (Å²) in [6.07, 6.45) is 0.781. The third-order valence-electron chi connectivity index (χ3n) is 3.69. The number of hydrogen-bond donors (Lipinski definition) is 2. The maximum Gasteiger partial charge on any atom is 0.262 e. The third kappa shape index (κ3) is 5.73. The van der Waals surface area contributed by atoms with Crippen molar-refractivity contribution in [1.29, 1.82) is 0 Å². The molecule has 6 nitrogen and oxygen atoms in total. The van der Waals surface area contributed by atoms with E-state index in [0.717, 1.165) is 31.2 Å². The van der Waals surface area contributed by atoms with Gasteiger partial charge in [-0.1, -0.05) is 6.07 Å². The summed E-state index contributed by atoms with van der Waals surface area (Å²) in [6.45, 7) is 1.32. The smallest absolute Gasteiger partial charge is 0.262 e. The SMILES string of the molecule is CN(C)CCCNC(=O)c1ccc(S(=O)(=O)Nc2c(F)cccc2F)cc1. The highest BCUT2D eigenvalue weighted by atomic mass is 32.2. The van der Waals surface area contributed by atoms with E-state index in [1.165, 1.54) is 24.3 Å². The van der Waals surface area contributed by atoms with Crippen LogP contribution >= 0.6 is 0 Å². The normalized spacial score (nSPS) is 11.4. The number of nitrogens with zero attached hydrogens (tertiary/aromatic N) is 1. The third-order valence-corrected chi connectivity index (χ3v) is 5.06. The zero-order chi connectivity index (χ0) is 20.0. The summed E-state index contributed by atoms with van der Waals surface area (Å²) in [7, 11) is -0.333. The Hall–Kier alpha value is -2.52. The Morgan fingerprint density at radius 1 is 1.04 bits per heavy atom. The van der Waals surface area contributed by atoms with Crippen molar-refractivity contribution in [1.82, 2.24) is 10.2 Å². The van der Waals surface area contributed by atoms with Crippen LogP contribution in [0.3, 0.4) is 0 Å². The number of sulfonamides is 1. The lowest BCUT2D eigenvalue weighted by atomic mass is 10.2. The zero-order valence-electron chi connectivity index (χ0n) is 15.0. The Bertz CT molecular complexity index is 880. The van der Waals surface area contributed by atoms with Crippen molar-refractivity contribution >= 4 is 21.6 Å². The lowest BCUT2D eigenvalue weighted by Crippen LogP contribution is -2.27. The molecule has 0 saturated heterocycles. The largest absolute Gasteiger partial charge is 0.352 e. The highest BCUT2D eigenvalue weighted by molar-refractivity contribution is 7.92. The summed E-state index contributed by atoms with van der Waals surface area (Å²) in [6, 6.07) is 8.12. The average molecular weight is 397 g/mol. The van der Waals surface area contributed by atoms with Crippen molar-refractivity contribution in [2.45, 2.75) is 11.3 Å². The predicted molar refractivity (Wildman–Crippen MR) is 99.1 cm³/mol. The van der Waals surface area contributed by atoms with Crippen molar-refractivity contribution in [2.24, 2.45) is 0 Å². The standard InChI is InChI=1S/C18H21F2N3O3S/c1-23(2)12-4-11-21-18(24)13-7-9-14(10-8-13)27(25,26)22-17-15(19)5-3-6-16(17)20/h3,5-10,22H,4,11-12H2,1-2H3,(H,21,24). The van der Waals surface area contributed by atoms with Gasteiger partial charge in [0.25, 0.3) is 15.9 Å². The molecular weight excluding hydrogens is 376 g/mol. The van der Waals surface area contributed by atoms with E-state index in [9.17, 15) is 22.0 Å². The van der Waals surface area contributed by atoms with Crippen LogP contribution in [-0.4, -0.2) is 46.4 Å². The van der Waals surface area contributed by atoms with Crippen LogP contribution < -0.4 is 10.0 Å². The van der Waals surface area contributed by atoms with Gasteiger partial charge in [-0.05, 0) is 63.5 Å². The Kier molecular flexibility index (Phi) is 6.86. The summed E-state index contributed by atoms with van der Waals surface area (Å²) in [5, 5.41) is 2.74. The maximum absolute atomic E-state index is 13.6. The van der Waals surface area contributed by atoms with Gasteiger partial charge in [0, 0.05) is 12.1 Å². The van der Waals surface area contributed by atoms with Crippen LogP contribution in [0.25, 0.3) is 0 Å². The molecule has 1 amide bonds. The first-order valence-electron chi connectivity index (χ1n) is 8.20. The Labute approximate surface area is 157 Å². The number of halogens is 2. The van der Waals surface area contributed by atoms with Crippen LogP contribution in [-0.2, 0) is 10.0 Å². The summed E-state index contributed by atoms with van der Waals surface area (Å²) in [4.78, 5) is 13.8. The van der Waals surface area contributed by atoms with Crippen LogP contribution in [0, 0.1) is 11.6 Å². The van der Waals surface area contributed by atoms with Crippen LogP contribution in [0.2, 0.25) is 0 Å². The number of benzene rings is 2. The molecule has 0 fully saturated rings. The summed E-state index contributed by atoms with van der Waals surface area (Å²) >= 11 is 0. The molecule has 146 valence electrons. The van der Waals surface area contributed by atoms with Gasteiger partial charge in [-0.2, -0.15) is 0 Å². The van der Waals surface area contributed by atoms with E-state index < -0.39 is 27.3 Å². The number of para-hydroxylation sites is 1. The van der Waals surface area contributed by atoms with Gasteiger partial charge >= 0.3 is 0 Å². The second-order valence-electron chi connectivity index (χ2n) is 6.14. The number of carbonyl (C=O) groups excluding carboxylic acids is 1. The van der Waals surface area contributed by atoms with Crippen LogP contribution in [0.5, 0.6) is 0 Å². The molecule has 0 bridgehead atoms. The lowest BCUT2D eigenvalue weighted by Gasteiger charge is -2.11. The zero-order valence-corrected chi connectivity index (χ0v) is 15.8. The van der Waals surface area contributed by atoms with Gasteiger partial charge in [0.1, 0.15) is 17.3 Å². The van der Waals surface area contributed by atoms with Gasteiger partial charge in [0.15, 0.2) is 0 Å². The molecule has 0 aliphatic rings. The molecule has 0 aromatic heterocycles. The quantitative estimate of drug-likeness (QED) is 0.671. The number of anilines is 1. The average Bonchev–Trinajstić information content (AvgIpc) is 2.62. The van der Waals surface area contributed by atoms with E-state index in [2.05, 4.69) is 5.32 Å². The molecule has 2 rings (SSSR count). The van der Waals surface area contributed by atoms with Crippen molar-refractivity contribution in [3.05, 3.63) is 59.7 Å². The molecule has 2 N–H and O–H groups in total. The molecule has 0 radical (unpaired) electrons. The number of carbonyl (C=O) groups is 1. The fourth-order valence-electron chi connectivity index (χ4n) is 2.27. The fourth-order valence-corrected chi connectivity index (χ4v) is 3.35. The highest BCUT2D eigenvalue weighted by Crippen LogP contribution is 2.22. The minimum atomic E-state index is -4.20. The first kappa shape index (κ1) is 20.8. The monoisotopic (exact) mass is 397 g/mol. The molecule has 0 unspecified atom stereocenters. The predicted octanol–water partition coefficient (Wildman–Crippen LogP) is 2.45. The topological polar surface area (TPSA) is 78.5 Å². The molecule has 2 aromatic carbocycles. The van der Waals surface area contributed by atoms with Crippen molar-refractivity contribution in [3.63, 3.8) is 0 Å². The molecule has 0 atom stereocenters. The van der Waals surface area contributed by atoms with Gasteiger partial charge in [0.05, 0.1) is 4.90 Å². The lowest BCUT2D eigenvalue weighted by molar-refractivity contribution is 0.0952. The molecule has 0 saturated carbocycles. The minimum Gasteiger partial charge on any atom is -0.352 e. The Morgan fingerprint density at radius 3 is 2.19 bits per heavy atom. The van der Waals surface area contributed by atoms with Gasteiger partial charge in [-0.25, -0.2) is 17.2 Å². The summed E-state index contributed by atoms with van der Waals surface area (Å²) < 4.78 is 53.8. The Morgan fingerprint density at radius 2 is 1.63 bits per heavy atom. The van der Waals surface area contributed by atoms with Crippen LogP contribution in [0.4, 0.5) is 14.5 Å². The first-order chi connectivity index (χ1) is 12.7. The number of nitrogens with one attached hydrogen (secondary N) is 2. The molecule has 0 heterocycles. The van der Waals surface area contributed by atoms with Crippen LogP contribution in [0.1, 0.15) is 16.8 Å². The molecule has 27 heavy (non-hydrogen) atoms. The number of rotatable bonds is 8. The van der Waals surface area contributed by atoms with E-state index in [4.69, 9.17) is 0 Å². The van der Waals surface area contributed by atoms with Gasteiger partial charge < -0.3 is 10.2 Å². The molecular formula is C18H21F2N3O3S. The molecule has 2 aromatic rings. The van der Waals surface area contributed by atoms with Gasteiger partial charge in [-0.3, -0.25) is 9.52 Å². The molecule has 0 spiro atoms.